The molecule has 0 radical (unpaired) electrons. The van der Waals surface area contributed by atoms with Crippen LogP contribution in [0.25, 0.3) is 0 Å². The first kappa shape index (κ1) is 18.1. The van der Waals surface area contributed by atoms with Crippen LogP contribution >= 0.6 is 0 Å². The van der Waals surface area contributed by atoms with E-state index in [2.05, 4.69) is 20.6 Å². The van der Waals surface area contributed by atoms with Crippen molar-refractivity contribution in [3.8, 4) is 5.75 Å². The number of halogens is 1. The van der Waals surface area contributed by atoms with Crippen LogP contribution in [-0.4, -0.2) is 21.0 Å². The third kappa shape index (κ3) is 4.69. The topological polar surface area (TPSA) is 107 Å². The Kier molecular flexibility index (Phi) is 5.46. The molecule has 3 aromatic rings. The number of para-hydroxylation sites is 1. The highest BCUT2D eigenvalue weighted by molar-refractivity contribution is 5.94. The first-order chi connectivity index (χ1) is 13.0. The number of aromatic nitrogens is 2. The van der Waals surface area contributed by atoms with Crippen molar-refractivity contribution >= 4 is 11.6 Å². The Balaban J connectivity index is 1.71. The van der Waals surface area contributed by atoms with Crippen LogP contribution in [0.3, 0.4) is 0 Å². The van der Waals surface area contributed by atoms with Gasteiger partial charge in [0.25, 0.3) is 11.5 Å². The number of anilines is 1. The van der Waals surface area contributed by atoms with Gasteiger partial charge in [-0.15, -0.1) is 0 Å². The van der Waals surface area contributed by atoms with Crippen molar-refractivity contribution in [2.45, 2.75) is 13.1 Å². The van der Waals surface area contributed by atoms with Crippen molar-refractivity contribution in [3.05, 3.63) is 87.9 Å². The number of nitrogens with zero attached hydrogens (tertiary/aromatic N) is 1. The van der Waals surface area contributed by atoms with E-state index < -0.39 is 17.2 Å². The minimum atomic E-state index is -0.804. The Morgan fingerprint density at radius 2 is 1.78 bits per heavy atom. The molecule has 1 aromatic heterocycles. The smallest absolute Gasteiger partial charge is 0.293 e. The molecule has 2 aromatic carbocycles. The van der Waals surface area contributed by atoms with Gasteiger partial charge in [-0.3, -0.25) is 9.59 Å². The van der Waals surface area contributed by atoms with E-state index in [1.165, 1.54) is 24.3 Å². The lowest BCUT2D eigenvalue weighted by molar-refractivity contribution is 0.0942. The fourth-order valence-corrected chi connectivity index (χ4v) is 2.37. The number of nitrogens with one attached hydrogen (secondary N) is 3. The van der Waals surface area contributed by atoms with Gasteiger partial charge in [-0.25, -0.2) is 9.37 Å². The summed E-state index contributed by atoms with van der Waals surface area (Å²) in [5.74, 6) is -1.64. The summed E-state index contributed by atoms with van der Waals surface area (Å²) in [6.07, 6.45) is 0. The maximum absolute atomic E-state index is 12.9. The minimum Gasteiger partial charge on any atom is -0.501 e. The predicted octanol–water partition coefficient (Wildman–Crippen LogP) is 2.16. The summed E-state index contributed by atoms with van der Waals surface area (Å²) in [5, 5.41) is 15.5. The fourth-order valence-electron chi connectivity index (χ4n) is 2.37. The monoisotopic (exact) mass is 368 g/mol. The van der Waals surface area contributed by atoms with Crippen LogP contribution in [-0.2, 0) is 13.1 Å². The van der Waals surface area contributed by atoms with Gasteiger partial charge < -0.3 is 20.7 Å². The Morgan fingerprint density at radius 3 is 2.48 bits per heavy atom. The molecule has 0 aliphatic heterocycles. The van der Waals surface area contributed by atoms with E-state index in [-0.39, 0.29) is 30.4 Å². The van der Waals surface area contributed by atoms with Crippen LogP contribution in [0.5, 0.6) is 5.75 Å². The number of hydrogen-bond acceptors (Lipinski definition) is 5. The quantitative estimate of drug-likeness (QED) is 0.533. The second-order valence-corrected chi connectivity index (χ2v) is 5.74. The van der Waals surface area contributed by atoms with Crippen LogP contribution in [0.4, 0.5) is 10.1 Å². The summed E-state index contributed by atoms with van der Waals surface area (Å²) < 4.78 is 12.9. The normalized spacial score (nSPS) is 10.4. The Hall–Kier alpha value is -3.68. The molecule has 0 unspecified atom stereocenters. The SMILES string of the molecule is O=C(NCc1ccc(F)cc1)c1nc(CNc2ccccc2)[nH]c(=O)c1O. The zero-order valence-electron chi connectivity index (χ0n) is 14.2. The van der Waals surface area contributed by atoms with Crippen LogP contribution in [0.2, 0.25) is 0 Å². The number of aromatic amines is 1. The van der Waals surface area contributed by atoms with Gasteiger partial charge in [0.2, 0.25) is 5.75 Å². The van der Waals surface area contributed by atoms with Crippen molar-refractivity contribution in [3.63, 3.8) is 0 Å². The molecule has 0 spiro atoms. The summed E-state index contributed by atoms with van der Waals surface area (Å²) in [6, 6.07) is 14.9. The molecule has 0 fully saturated rings. The second kappa shape index (κ2) is 8.13. The van der Waals surface area contributed by atoms with E-state index in [1.807, 2.05) is 30.3 Å². The molecular weight excluding hydrogens is 351 g/mol. The van der Waals surface area contributed by atoms with Gasteiger partial charge >= 0.3 is 0 Å². The average Bonchev–Trinajstić information content (AvgIpc) is 2.69. The molecule has 0 aliphatic rings. The van der Waals surface area contributed by atoms with E-state index in [1.54, 1.807) is 0 Å². The van der Waals surface area contributed by atoms with E-state index >= 15 is 0 Å². The predicted molar refractivity (Wildman–Crippen MR) is 97.9 cm³/mol. The summed E-state index contributed by atoms with van der Waals surface area (Å²) in [5.41, 5.74) is 0.308. The number of benzene rings is 2. The third-order valence-corrected chi connectivity index (χ3v) is 3.76. The molecule has 0 saturated heterocycles. The van der Waals surface area contributed by atoms with Crippen LogP contribution < -0.4 is 16.2 Å². The molecule has 138 valence electrons. The molecule has 1 heterocycles. The van der Waals surface area contributed by atoms with Gasteiger partial charge in [-0.05, 0) is 29.8 Å². The number of aromatic hydroxyl groups is 1. The molecular formula is C19H17FN4O3. The van der Waals surface area contributed by atoms with E-state index in [9.17, 15) is 19.1 Å². The summed E-state index contributed by atoms with van der Waals surface area (Å²) >= 11 is 0. The summed E-state index contributed by atoms with van der Waals surface area (Å²) in [4.78, 5) is 30.7. The lowest BCUT2D eigenvalue weighted by Gasteiger charge is -2.09. The number of rotatable bonds is 6. The molecule has 0 saturated carbocycles. The largest absolute Gasteiger partial charge is 0.501 e. The minimum absolute atomic E-state index is 0.102. The lowest BCUT2D eigenvalue weighted by atomic mass is 10.2. The molecule has 3 rings (SSSR count). The highest BCUT2D eigenvalue weighted by atomic mass is 19.1. The molecule has 4 N–H and O–H groups in total. The Bertz CT molecular complexity index is 988. The first-order valence-corrected chi connectivity index (χ1v) is 8.16. The molecule has 0 aliphatic carbocycles. The molecule has 1 amide bonds. The number of carbonyl (C=O) groups is 1. The molecule has 7 nitrogen and oxygen atoms in total. The maximum atomic E-state index is 12.9. The number of H-pyrrole nitrogens is 1. The summed E-state index contributed by atoms with van der Waals surface area (Å²) in [7, 11) is 0. The molecule has 27 heavy (non-hydrogen) atoms. The van der Waals surface area contributed by atoms with Gasteiger partial charge in [0.1, 0.15) is 11.6 Å². The standard InChI is InChI=1S/C19H17FN4O3/c20-13-8-6-12(7-9-13)10-22-18(26)16-17(25)19(27)24-15(23-16)11-21-14-4-2-1-3-5-14/h1-9,21,25H,10-11H2,(H,22,26)(H,23,24,27). The van der Waals surface area contributed by atoms with Gasteiger partial charge in [0.05, 0.1) is 6.54 Å². The highest BCUT2D eigenvalue weighted by Gasteiger charge is 2.17. The van der Waals surface area contributed by atoms with Gasteiger partial charge in [-0.2, -0.15) is 0 Å². The number of carbonyl (C=O) groups excluding carboxylic acids is 1. The van der Waals surface area contributed by atoms with Gasteiger partial charge in [-0.1, -0.05) is 30.3 Å². The molecule has 8 heteroatoms. The van der Waals surface area contributed by atoms with Gasteiger partial charge in [0, 0.05) is 12.2 Å². The Labute approximate surface area is 153 Å². The van der Waals surface area contributed by atoms with Crippen LogP contribution in [0.15, 0.2) is 59.4 Å². The maximum Gasteiger partial charge on any atom is 0.293 e. The molecule has 0 bridgehead atoms. The van der Waals surface area contributed by atoms with Crippen molar-refractivity contribution in [2.75, 3.05) is 5.32 Å². The zero-order valence-corrected chi connectivity index (χ0v) is 14.2. The lowest BCUT2D eigenvalue weighted by Crippen LogP contribution is -2.27. The van der Waals surface area contributed by atoms with Gasteiger partial charge in [0.15, 0.2) is 5.69 Å². The molecule has 0 atom stereocenters. The van der Waals surface area contributed by atoms with Crippen LogP contribution in [0.1, 0.15) is 21.9 Å². The van der Waals surface area contributed by atoms with Crippen molar-refractivity contribution in [2.24, 2.45) is 0 Å². The van der Waals surface area contributed by atoms with Crippen molar-refractivity contribution < 1.29 is 14.3 Å². The van der Waals surface area contributed by atoms with Crippen molar-refractivity contribution in [1.29, 1.82) is 0 Å². The zero-order chi connectivity index (χ0) is 19.2. The van der Waals surface area contributed by atoms with Crippen molar-refractivity contribution in [1.82, 2.24) is 15.3 Å². The Morgan fingerprint density at radius 1 is 1.07 bits per heavy atom. The van der Waals surface area contributed by atoms with Crippen LogP contribution in [0, 0.1) is 5.82 Å². The second-order valence-electron chi connectivity index (χ2n) is 5.74. The fraction of sp³-hybridized carbons (Fsp3) is 0.105. The average molecular weight is 368 g/mol. The van der Waals surface area contributed by atoms with E-state index in [0.29, 0.717) is 5.56 Å². The number of amides is 1. The third-order valence-electron chi connectivity index (χ3n) is 3.76. The highest BCUT2D eigenvalue weighted by Crippen LogP contribution is 2.11. The van der Waals surface area contributed by atoms with E-state index in [0.717, 1.165) is 5.69 Å². The summed E-state index contributed by atoms with van der Waals surface area (Å²) in [6.45, 7) is 0.266. The number of hydrogen-bond donors (Lipinski definition) is 4. The first-order valence-electron chi connectivity index (χ1n) is 8.16. The van der Waals surface area contributed by atoms with E-state index in [4.69, 9.17) is 0 Å².